The highest BCUT2D eigenvalue weighted by atomic mass is 16.5. The standard InChI is InChI=1S/C21H33N5O2/c1-16-3-2-7-25(15-16)8-6-22-20(27)17-4-5-19-18(13-17)14-23-21(24-19)26-9-11-28-12-10-26/h14,16-17H,2-13,15H2,1H3,(H,22,27)/t16-,17+/m1/s1. The van der Waals surface area contributed by atoms with Crippen molar-refractivity contribution in [2.45, 2.75) is 39.0 Å². The van der Waals surface area contributed by atoms with E-state index in [1.54, 1.807) is 0 Å². The molecule has 2 atom stereocenters. The molecule has 0 aromatic carbocycles. The highest BCUT2D eigenvalue weighted by Gasteiger charge is 2.27. The van der Waals surface area contributed by atoms with Gasteiger partial charge in [-0.25, -0.2) is 9.97 Å². The average Bonchev–Trinajstić information content (AvgIpc) is 2.73. The summed E-state index contributed by atoms with van der Waals surface area (Å²) in [5.41, 5.74) is 2.25. The Balaban J connectivity index is 1.26. The van der Waals surface area contributed by atoms with E-state index in [2.05, 4.69) is 27.0 Å². The van der Waals surface area contributed by atoms with E-state index in [0.717, 1.165) is 88.3 Å². The smallest absolute Gasteiger partial charge is 0.225 e. The summed E-state index contributed by atoms with van der Waals surface area (Å²) in [4.78, 5) is 26.6. The van der Waals surface area contributed by atoms with E-state index in [1.807, 2.05) is 6.20 Å². The number of rotatable bonds is 5. The molecule has 0 unspecified atom stereocenters. The third-order valence-electron chi connectivity index (χ3n) is 6.27. The predicted molar refractivity (Wildman–Crippen MR) is 108 cm³/mol. The fraction of sp³-hybridized carbons (Fsp3) is 0.762. The number of aromatic nitrogens is 2. The van der Waals surface area contributed by atoms with Gasteiger partial charge in [0, 0.05) is 50.5 Å². The van der Waals surface area contributed by atoms with E-state index in [0.29, 0.717) is 0 Å². The summed E-state index contributed by atoms with van der Waals surface area (Å²) >= 11 is 0. The molecule has 0 spiro atoms. The molecule has 1 aliphatic carbocycles. The van der Waals surface area contributed by atoms with Crippen molar-refractivity contribution >= 4 is 11.9 Å². The van der Waals surface area contributed by atoms with Crippen LogP contribution in [-0.4, -0.2) is 73.3 Å². The SMILES string of the molecule is C[C@@H]1CCCN(CCNC(=O)[C@H]2CCc3nc(N4CCOCC4)ncc3C2)C1. The minimum absolute atomic E-state index is 0.0469. The van der Waals surface area contributed by atoms with Crippen LogP contribution in [0, 0.1) is 11.8 Å². The predicted octanol–water partition coefficient (Wildman–Crippen LogP) is 1.27. The van der Waals surface area contributed by atoms with Crippen LogP contribution in [0.3, 0.4) is 0 Å². The molecule has 3 heterocycles. The molecule has 154 valence electrons. The number of morpholine rings is 1. The summed E-state index contributed by atoms with van der Waals surface area (Å²) in [7, 11) is 0. The highest BCUT2D eigenvalue weighted by molar-refractivity contribution is 5.79. The van der Waals surface area contributed by atoms with Crippen molar-refractivity contribution in [1.29, 1.82) is 0 Å². The number of likely N-dealkylation sites (tertiary alicyclic amines) is 1. The molecule has 1 amide bonds. The minimum Gasteiger partial charge on any atom is -0.378 e. The molecule has 2 saturated heterocycles. The molecule has 1 aromatic rings. The zero-order chi connectivity index (χ0) is 19.3. The Hall–Kier alpha value is -1.73. The molecule has 2 aliphatic heterocycles. The number of amides is 1. The maximum absolute atomic E-state index is 12.6. The Morgan fingerprint density at radius 3 is 2.96 bits per heavy atom. The summed E-state index contributed by atoms with van der Waals surface area (Å²) < 4.78 is 5.41. The van der Waals surface area contributed by atoms with Gasteiger partial charge in [-0.05, 0) is 50.1 Å². The second kappa shape index (κ2) is 9.18. The lowest BCUT2D eigenvalue weighted by molar-refractivity contribution is -0.125. The van der Waals surface area contributed by atoms with E-state index in [4.69, 9.17) is 9.72 Å². The van der Waals surface area contributed by atoms with Gasteiger partial charge in [-0.2, -0.15) is 0 Å². The van der Waals surface area contributed by atoms with Gasteiger partial charge < -0.3 is 19.9 Å². The van der Waals surface area contributed by atoms with E-state index in [9.17, 15) is 4.79 Å². The lowest BCUT2D eigenvalue weighted by atomic mass is 9.86. The number of hydrogen-bond donors (Lipinski definition) is 1. The van der Waals surface area contributed by atoms with Gasteiger partial charge in [-0.1, -0.05) is 6.92 Å². The van der Waals surface area contributed by atoms with Crippen LogP contribution in [0.25, 0.3) is 0 Å². The van der Waals surface area contributed by atoms with Gasteiger partial charge >= 0.3 is 0 Å². The van der Waals surface area contributed by atoms with Gasteiger partial charge in [-0.15, -0.1) is 0 Å². The minimum atomic E-state index is 0.0469. The number of nitrogens with one attached hydrogen (secondary N) is 1. The van der Waals surface area contributed by atoms with Crippen LogP contribution < -0.4 is 10.2 Å². The van der Waals surface area contributed by atoms with Crippen molar-refractivity contribution in [3.63, 3.8) is 0 Å². The molecule has 3 aliphatic rings. The third-order valence-corrected chi connectivity index (χ3v) is 6.27. The number of ether oxygens (including phenoxy) is 1. The quantitative estimate of drug-likeness (QED) is 0.820. The zero-order valence-corrected chi connectivity index (χ0v) is 17.0. The monoisotopic (exact) mass is 387 g/mol. The number of fused-ring (bicyclic) bond motifs is 1. The van der Waals surface area contributed by atoms with Crippen LogP contribution in [0.1, 0.15) is 37.4 Å². The van der Waals surface area contributed by atoms with Gasteiger partial charge in [0.2, 0.25) is 11.9 Å². The Kier molecular flexibility index (Phi) is 6.42. The lowest BCUT2D eigenvalue weighted by Crippen LogP contribution is -2.42. The summed E-state index contributed by atoms with van der Waals surface area (Å²) in [6.07, 6.45) is 7.03. The van der Waals surface area contributed by atoms with Crippen LogP contribution in [0.5, 0.6) is 0 Å². The molecule has 0 bridgehead atoms. The summed E-state index contributed by atoms with van der Waals surface area (Å²) in [5, 5.41) is 3.16. The van der Waals surface area contributed by atoms with Crippen molar-refractivity contribution in [1.82, 2.24) is 20.2 Å². The molecular formula is C21H33N5O2. The van der Waals surface area contributed by atoms with Crippen molar-refractivity contribution in [2.75, 3.05) is 57.4 Å². The Morgan fingerprint density at radius 2 is 2.14 bits per heavy atom. The first-order valence-corrected chi connectivity index (χ1v) is 10.9. The van der Waals surface area contributed by atoms with Crippen LogP contribution >= 0.6 is 0 Å². The van der Waals surface area contributed by atoms with E-state index >= 15 is 0 Å². The summed E-state index contributed by atoms with van der Waals surface area (Å²) in [5.74, 6) is 1.82. The van der Waals surface area contributed by atoms with Crippen molar-refractivity contribution < 1.29 is 9.53 Å². The Morgan fingerprint density at radius 1 is 1.29 bits per heavy atom. The number of aryl methyl sites for hydroxylation is 1. The van der Waals surface area contributed by atoms with Crippen LogP contribution in [0.15, 0.2) is 6.20 Å². The first-order chi connectivity index (χ1) is 13.7. The fourth-order valence-electron chi connectivity index (χ4n) is 4.61. The average molecular weight is 388 g/mol. The van der Waals surface area contributed by atoms with E-state index in [1.165, 1.54) is 19.4 Å². The van der Waals surface area contributed by atoms with Crippen LogP contribution in [-0.2, 0) is 22.4 Å². The number of carbonyl (C=O) groups is 1. The molecule has 2 fully saturated rings. The molecule has 0 radical (unpaired) electrons. The van der Waals surface area contributed by atoms with Gasteiger partial charge in [-0.3, -0.25) is 4.79 Å². The first kappa shape index (κ1) is 19.6. The number of hydrogen-bond acceptors (Lipinski definition) is 6. The molecule has 0 saturated carbocycles. The van der Waals surface area contributed by atoms with Crippen molar-refractivity contribution in [3.05, 3.63) is 17.5 Å². The number of nitrogens with zero attached hydrogens (tertiary/aromatic N) is 4. The first-order valence-electron chi connectivity index (χ1n) is 10.9. The largest absolute Gasteiger partial charge is 0.378 e. The van der Waals surface area contributed by atoms with E-state index in [-0.39, 0.29) is 11.8 Å². The molecule has 28 heavy (non-hydrogen) atoms. The number of carbonyl (C=O) groups excluding carboxylic acids is 1. The van der Waals surface area contributed by atoms with Crippen molar-refractivity contribution in [3.8, 4) is 0 Å². The zero-order valence-electron chi connectivity index (χ0n) is 17.0. The molecule has 7 nitrogen and oxygen atoms in total. The summed E-state index contributed by atoms with van der Waals surface area (Å²) in [6.45, 7) is 9.52. The van der Waals surface area contributed by atoms with Crippen LogP contribution in [0.4, 0.5) is 5.95 Å². The second-order valence-corrected chi connectivity index (χ2v) is 8.52. The maximum atomic E-state index is 12.6. The third kappa shape index (κ3) is 4.81. The number of anilines is 1. The van der Waals surface area contributed by atoms with Gasteiger partial charge in [0.15, 0.2) is 0 Å². The molecular weight excluding hydrogens is 354 g/mol. The topological polar surface area (TPSA) is 70.6 Å². The molecule has 4 rings (SSSR count). The Bertz CT molecular complexity index is 677. The normalized spacial score (nSPS) is 26.0. The molecule has 7 heteroatoms. The van der Waals surface area contributed by atoms with Gasteiger partial charge in [0.05, 0.1) is 13.2 Å². The van der Waals surface area contributed by atoms with Crippen molar-refractivity contribution in [2.24, 2.45) is 11.8 Å². The van der Waals surface area contributed by atoms with Gasteiger partial charge in [0.1, 0.15) is 0 Å². The van der Waals surface area contributed by atoms with E-state index < -0.39 is 0 Å². The highest BCUT2D eigenvalue weighted by Crippen LogP contribution is 2.25. The van der Waals surface area contributed by atoms with Gasteiger partial charge in [0.25, 0.3) is 0 Å². The fourth-order valence-corrected chi connectivity index (χ4v) is 4.61. The van der Waals surface area contributed by atoms with Crippen LogP contribution in [0.2, 0.25) is 0 Å². The lowest BCUT2D eigenvalue weighted by Gasteiger charge is -2.31. The molecule has 1 N–H and O–H groups in total. The maximum Gasteiger partial charge on any atom is 0.225 e. The second-order valence-electron chi connectivity index (χ2n) is 8.52. The molecule has 1 aromatic heterocycles. The Labute approximate surface area is 167 Å². The number of piperidine rings is 1. The summed E-state index contributed by atoms with van der Waals surface area (Å²) in [6, 6.07) is 0.